The number of hydrogen-bond donors (Lipinski definition) is 0. The maximum atomic E-state index is 13.3. The number of aryl methyl sites for hydroxylation is 3. The highest BCUT2D eigenvalue weighted by atomic mass is 16.5. The number of pyridine rings is 1. The molecule has 0 bridgehead atoms. The molecule has 0 amide bonds. The molecule has 4 heteroatoms. The van der Waals surface area contributed by atoms with Gasteiger partial charge in [-0.15, -0.1) is 0 Å². The predicted octanol–water partition coefficient (Wildman–Crippen LogP) is 7.29. The Morgan fingerprint density at radius 2 is 1.57 bits per heavy atom. The highest BCUT2D eigenvalue weighted by Crippen LogP contribution is 2.27. The molecule has 0 saturated heterocycles. The molecule has 35 heavy (non-hydrogen) atoms. The molecule has 3 aromatic carbocycles. The number of fused-ring (bicyclic) bond motifs is 1. The number of nitrogens with zero attached hydrogens (tertiary/aromatic N) is 1. The molecular formula is C31H31NO3. The molecular weight excluding hydrogens is 434 g/mol. The maximum Gasteiger partial charge on any atom is 0.339 e. The van der Waals surface area contributed by atoms with E-state index in [0.717, 1.165) is 36.0 Å². The van der Waals surface area contributed by atoms with Crippen LogP contribution in [0.1, 0.15) is 64.1 Å². The van der Waals surface area contributed by atoms with E-state index in [9.17, 15) is 9.59 Å². The zero-order chi connectivity index (χ0) is 24.9. The van der Waals surface area contributed by atoms with Crippen molar-refractivity contribution in [3.05, 3.63) is 101 Å². The minimum absolute atomic E-state index is 0.226. The first-order valence-corrected chi connectivity index (χ1v) is 12.2. The molecule has 0 aliphatic heterocycles. The average Bonchev–Trinajstić information content (AvgIpc) is 2.87. The minimum atomic E-state index is -0.903. The summed E-state index contributed by atoms with van der Waals surface area (Å²) in [5, 5.41) is 0.716. The van der Waals surface area contributed by atoms with E-state index in [1.807, 2.05) is 56.3 Å². The van der Waals surface area contributed by atoms with Crippen molar-refractivity contribution in [2.24, 2.45) is 0 Å². The lowest BCUT2D eigenvalue weighted by atomic mass is 10.0. The Hall–Kier alpha value is -3.79. The number of ketones is 1. The number of unbranched alkanes of at least 4 members (excludes halogenated alkanes) is 1. The molecule has 4 aromatic rings. The Morgan fingerprint density at radius 3 is 2.26 bits per heavy atom. The number of carbonyl (C=O) groups excluding carboxylic acids is 2. The largest absolute Gasteiger partial charge is 0.451 e. The topological polar surface area (TPSA) is 56.3 Å². The Bertz CT molecular complexity index is 1350. The van der Waals surface area contributed by atoms with Crippen molar-refractivity contribution in [1.29, 1.82) is 0 Å². The van der Waals surface area contributed by atoms with Crippen molar-refractivity contribution in [2.45, 2.75) is 53.1 Å². The summed E-state index contributed by atoms with van der Waals surface area (Å²) in [7, 11) is 0. The Morgan fingerprint density at radius 1 is 0.886 bits per heavy atom. The highest BCUT2D eigenvalue weighted by Gasteiger charge is 2.23. The summed E-state index contributed by atoms with van der Waals surface area (Å²) >= 11 is 0. The second-order valence-electron chi connectivity index (χ2n) is 9.15. The van der Waals surface area contributed by atoms with Crippen LogP contribution in [0.2, 0.25) is 0 Å². The van der Waals surface area contributed by atoms with E-state index in [1.165, 1.54) is 5.56 Å². The van der Waals surface area contributed by atoms with E-state index in [4.69, 9.17) is 9.72 Å². The second kappa shape index (κ2) is 10.6. The molecule has 0 aliphatic carbocycles. The Labute approximate surface area is 207 Å². The fraction of sp³-hybridized carbons (Fsp3) is 0.258. The lowest BCUT2D eigenvalue weighted by Crippen LogP contribution is -2.24. The van der Waals surface area contributed by atoms with Crippen LogP contribution in [0.15, 0.2) is 72.8 Å². The first-order chi connectivity index (χ1) is 16.9. The van der Waals surface area contributed by atoms with Gasteiger partial charge in [-0.05, 0) is 57.4 Å². The number of hydrogen-bond acceptors (Lipinski definition) is 4. The van der Waals surface area contributed by atoms with Crippen LogP contribution in [0, 0.1) is 13.8 Å². The maximum absolute atomic E-state index is 13.3. The summed E-state index contributed by atoms with van der Waals surface area (Å²) in [5.41, 5.74) is 6.66. The summed E-state index contributed by atoms with van der Waals surface area (Å²) in [5.74, 6) is -0.757. The summed E-state index contributed by atoms with van der Waals surface area (Å²) in [6.07, 6.45) is 2.46. The van der Waals surface area contributed by atoms with Gasteiger partial charge in [0.25, 0.3) is 0 Å². The monoisotopic (exact) mass is 465 g/mol. The van der Waals surface area contributed by atoms with E-state index >= 15 is 0 Å². The van der Waals surface area contributed by atoms with Gasteiger partial charge in [0.2, 0.25) is 5.78 Å². The summed E-state index contributed by atoms with van der Waals surface area (Å²) in [4.78, 5) is 31.0. The molecule has 0 aliphatic rings. The molecule has 178 valence electrons. The molecule has 1 unspecified atom stereocenters. The van der Waals surface area contributed by atoms with E-state index in [-0.39, 0.29) is 5.78 Å². The summed E-state index contributed by atoms with van der Waals surface area (Å²) in [6, 6.07) is 23.2. The van der Waals surface area contributed by atoms with Crippen molar-refractivity contribution < 1.29 is 14.3 Å². The molecule has 0 saturated carbocycles. The first-order valence-electron chi connectivity index (χ1n) is 12.2. The van der Waals surface area contributed by atoms with Gasteiger partial charge in [0, 0.05) is 16.5 Å². The first kappa shape index (κ1) is 24.3. The van der Waals surface area contributed by atoms with Crippen molar-refractivity contribution >= 4 is 22.7 Å². The molecule has 4 nitrogen and oxygen atoms in total. The third-order valence-electron chi connectivity index (χ3n) is 6.24. The smallest absolute Gasteiger partial charge is 0.339 e. The van der Waals surface area contributed by atoms with E-state index in [0.29, 0.717) is 27.7 Å². The molecule has 1 aromatic heterocycles. The number of benzene rings is 3. The lowest BCUT2D eigenvalue weighted by Gasteiger charge is -2.15. The van der Waals surface area contributed by atoms with Crippen LogP contribution in [0.5, 0.6) is 0 Å². The number of rotatable bonds is 8. The number of ether oxygens (including phenoxy) is 1. The van der Waals surface area contributed by atoms with Crippen molar-refractivity contribution in [1.82, 2.24) is 4.98 Å². The van der Waals surface area contributed by atoms with Gasteiger partial charge in [-0.1, -0.05) is 79.1 Å². The molecule has 0 fully saturated rings. The van der Waals surface area contributed by atoms with Crippen molar-refractivity contribution in [3.63, 3.8) is 0 Å². The standard InChI is InChI=1S/C31H31NO3/c1-5-6-7-23-11-15-24(16-12-23)29-19-27(26-18-21(3)10-17-28(26)32-29)31(34)35-22(4)30(33)25-13-8-20(2)9-14-25/h8-19,22H,5-7H2,1-4H3. The van der Waals surface area contributed by atoms with E-state index in [1.54, 1.807) is 25.1 Å². The summed E-state index contributed by atoms with van der Waals surface area (Å²) < 4.78 is 5.67. The van der Waals surface area contributed by atoms with Crippen molar-refractivity contribution in [2.75, 3.05) is 0 Å². The van der Waals surface area contributed by atoms with Gasteiger partial charge in [-0.2, -0.15) is 0 Å². The zero-order valence-corrected chi connectivity index (χ0v) is 20.8. The number of carbonyl (C=O) groups is 2. The number of esters is 1. The van der Waals surface area contributed by atoms with Gasteiger partial charge >= 0.3 is 5.97 Å². The van der Waals surface area contributed by atoms with Crippen LogP contribution < -0.4 is 0 Å². The van der Waals surface area contributed by atoms with Gasteiger partial charge in [0.1, 0.15) is 0 Å². The van der Waals surface area contributed by atoms with Gasteiger partial charge in [0.15, 0.2) is 6.10 Å². The van der Waals surface area contributed by atoms with Crippen LogP contribution in [0.4, 0.5) is 0 Å². The molecule has 0 N–H and O–H groups in total. The highest BCUT2D eigenvalue weighted by molar-refractivity contribution is 6.07. The number of Topliss-reactive ketones (excluding diaryl/α,β-unsaturated/α-hetero) is 1. The second-order valence-corrected chi connectivity index (χ2v) is 9.15. The third kappa shape index (κ3) is 5.65. The normalized spacial score (nSPS) is 11.9. The van der Waals surface area contributed by atoms with Crippen LogP contribution in [-0.2, 0) is 11.2 Å². The fourth-order valence-corrected chi connectivity index (χ4v) is 4.11. The van der Waals surface area contributed by atoms with Crippen LogP contribution in [0.25, 0.3) is 22.2 Å². The number of aromatic nitrogens is 1. The lowest BCUT2D eigenvalue weighted by molar-refractivity contribution is 0.0320. The van der Waals surface area contributed by atoms with Crippen molar-refractivity contribution in [3.8, 4) is 11.3 Å². The molecule has 1 heterocycles. The Balaban J connectivity index is 1.66. The van der Waals surface area contributed by atoms with Crippen LogP contribution in [-0.4, -0.2) is 22.8 Å². The van der Waals surface area contributed by atoms with Gasteiger partial charge in [-0.3, -0.25) is 4.79 Å². The minimum Gasteiger partial charge on any atom is -0.451 e. The molecule has 4 rings (SSSR count). The fourth-order valence-electron chi connectivity index (χ4n) is 4.11. The van der Waals surface area contributed by atoms with E-state index < -0.39 is 12.1 Å². The third-order valence-corrected chi connectivity index (χ3v) is 6.24. The molecule has 0 spiro atoms. The zero-order valence-electron chi connectivity index (χ0n) is 20.8. The van der Waals surface area contributed by atoms with Crippen LogP contribution in [0.3, 0.4) is 0 Å². The Kier molecular flexibility index (Phi) is 7.40. The van der Waals surface area contributed by atoms with E-state index in [2.05, 4.69) is 19.1 Å². The van der Waals surface area contributed by atoms with Crippen LogP contribution >= 0.6 is 0 Å². The average molecular weight is 466 g/mol. The van der Waals surface area contributed by atoms with Gasteiger partial charge in [-0.25, -0.2) is 9.78 Å². The van der Waals surface area contributed by atoms with Gasteiger partial charge < -0.3 is 4.74 Å². The quantitative estimate of drug-likeness (QED) is 0.202. The predicted molar refractivity (Wildman–Crippen MR) is 141 cm³/mol. The SMILES string of the molecule is CCCCc1ccc(-c2cc(C(=O)OC(C)C(=O)c3ccc(C)cc3)c3cc(C)ccc3n2)cc1. The van der Waals surface area contributed by atoms with Gasteiger partial charge in [0.05, 0.1) is 16.8 Å². The summed E-state index contributed by atoms with van der Waals surface area (Å²) in [6.45, 7) is 7.74. The molecule has 0 radical (unpaired) electrons. The molecule has 1 atom stereocenters.